The fraction of sp³-hybridized carbons (Fsp3) is 0.0909. The molecule has 1 amide bonds. The molecule has 0 radical (unpaired) electrons. The van der Waals surface area contributed by atoms with Gasteiger partial charge in [-0.05, 0) is 48.0 Å². The van der Waals surface area contributed by atoms with E-state index in [9.17, 15) is 4.79 Å². The lowest BCUT2D eigenvalue weighted by Gasteiger charge is -2.04. The molecule has 1 heterocycles. The molecule has 0 unspecified atom stereocenters. The Kier molecular flexibility index (Phi) is 5.60. The lowest BCUT2D eigenvalue weighted by molar-refractivity contribution is 0.102. The summed E-state index contributed by atoms with van der Waals surface area (Å²) in [4.78, 5) is 17.0. The summed E-state index contributed by atoms with van der Waals surface area (Å²) in [6.07, 6.45) is 0. The minimum Gasteiger partial charge on any atom is -0.497 e. The zero-order chi connectivity index (χ0) is 19.3. The van der Waals surface area contributed by atoms with Gasteiger partial charge < -0.3 is 10.1 Å². The van der Waals surface area contributed by atoms with Gasteiger partial charge in [-0.15, -0.1) is 11.3 Å². The molecule has 0 bridgehead atoms. The summed E-state index contributed by atoms with van der Waals surface area (Å²) >= 11 is 3.35. The topological polar surface area (TPSA) is 51.2 Å². The minimum atomic E-state index is -0.112. The van der Waals surface area contributed by atoms with Gasteiger partial charge in [0, 0.05) is 17.0 Å². The highest BCUT2D eigenvalue weighted by Crippen LogP contribution is 2.33. The molecule has 3 aromatic carbocycles. The predicted octanol–water partition coefficient (Wildman–Crippen LogP) is 5.85. The number of carbonyl (C=O) groups excluding carboxylic acids is 1. The van der Waals surface area contributed by atoms with Crippen LogP contribution < -0.4 is 10.1 Å². The highest BCUT2D eigenvalue weighted by molar-refractivity contribution is 8.00. The monoisotopic (exact) mass is 406 g/mol. The van der Waals surface area contributed by atoms with E-state index >= 15 is 0 Å². The average molecular weight is 407 g/mol. The smallest absolute Gasteiger partial charge is 0.255 e. The number of amides is 1. The number of methoxy groups -OCH3 is 1. The van der Waals surface area contributed by atoms with Crippen molar-refractivity contribution in [3.8, 4) is 5.75 Å². The van der Waals surface area contributed by atoms with Crippen LogP contribution in [-0.4, -0.2) is 18.0 Å². The Hall–Kier alpha value is -2.83. The molecular formula is C22H18N2O2S2. The van der Waals surface area contributed by atoms with Crippen molar-refractivity contribution in [3.63, 3.8) is 0 Å². The van der Waals surface area contributed by atoms with Gasteiger partial charge in [0.15, 0.2) is 4.34 Å². The number of hydrogen-bond donors (Lipinski definition) is 1. The Morgan fingerprint density at radius 1 is 1.07 bits per heavy atom. The second kappa shape index (κ2) is 8.46. The molecular weight excluding hydrogens is 388 g/mol. The molecule has 1 N–H and O–H groups in total. The zero-order valence-corrected chi connectivity index (χ0v) is 16.8. The van der Waals surface area contributed by atoms with Crippen LogP contribution in [-0.2, 0) is 5.75 Å². The number of nitrogens with one attached hydrogen (secondary N) is 1. The van der Waals surface area contributed by atoms with E-state index in [4.69, 9.17) is 4.74 Å². The van der Waals surface area contributed by atoms with Gasteiger partial charge in [-0.2, -0.15) is 0 Å². The van der Waals surface area contributed by atoms with E-state index in [2.05, 4.69) is 22.4 Å². The SMILES string of the molecule is COc1ccc(CSc2nc3ccc(NC(=O)c4ccccc4)cc3s2)cc1. The Balaban J connectivity index is 1.44. The lowest BCUT2D eigenvalue weighted by atomic mass is 10.2. The van der Waals surface area contributed by atoms with E-state index in [0.29, 0.717) is 5.56 Å². The number of nitrogens with zero attached hydrogens (tertiary/aromatic N) is 1. The van der Waals surface area contributed by atoms with Crippen molar-refractivity contribution in [2.45, 2.75) is 10.1 Å². The summed E-state index contributed by atoms with van der Waals surface area (Å²) in [6, 6.07) is 23.1. The number of ether oxygens (including phenoxy) is 1. The van der Waals surface area contributed by atoms with Gasteiger partial charge in [0.2, 0.25) is 0 Å². The van der Waals surface area contributed by atoms with Crippen LogP contribution in [0.25, 0.3) is 10.2 Å². The molecule has 0 saturated carbocycles. The van der Waals surface area contributed by atoms with Crippen LogP contribution in [0.3, 0.4) is 0 Å². The van der Waals surface area contributed by atoms with Crippen LogP contribution in [0.2, 0.25) is 0 Å². The number of hydrogen-bond acceptors (Lipinski definition) is 5. The number of carbonyl (C=O) groups is 1. The normalized spacial score (nSPS) is 10.8. The Labute approximate surface area is 171 Å². The summed E-state index contributed by atoms with van der Waals surface area (Å²) < 4.78 is 7.26. The number of fused-ring (bicyclic) bond motifs is 1. The first-order valence-electron chi connectivity index (χ1n) is 8.74. The summed E-state index contributed by atoms with van der Waals surface area (Å²) in [5, 5.41) is 2.95. The molecule has 0 aliphatic carbocycles. The molecule has 0 saturated heterocycles. The first-order chi connectivity index (χ1) is 13.7. The van der Waals surface area contributed by atoms with E-state index in [-0.39, 0.29) is 5.91 Å². The van der Waals surface area contributed by atoms with Crippen molar-refractivity contribution in [2.24, 2.45) is 0 Å². The summed E-state index contributed by atoms with van der Waals surface area (Å²) in [6.45, 7) is 0. The second-order valence-corrected chi connectivity index (χ2v) is 8.37. The molecule has 140 valence electrons. The summed E-state index contributed by atoms with van der Waals surface area (Å²) in [7, 11) is 1.67. The van der Waals surface area contributed by atoms with Gasteiger partial charge in [0.1, 0.15) is 5.75 Å². The first-order valence-corrected chi connectivity index (χ1v) is 10.5. The summed E-state index contributed by atoms with van der Waals surface area (Å²) in [5.74, 6) is 1.60. The summed E-state index contributed by atoms with van der Waals surface area (Å²) in [5.41, 5.74) is 3.58. The molecule has 6 heteroatoms. The van der Waals surface area contributed by atoms with Gasteiger partial charge >= 0.3 is 0 Å². The number of anilines is 1. The van der Waals surface area contributed by atoms with Crippen molar-refractivity contribution in [3.05, 3.63) is 83.9 Å². The van der Waals surface area contributed by atoms with Crippen molar-refractivity contribution < 1.29 is 9.53 Å². The fourth-order valence-electron chi connectivity index (χ4n) is 2.70. The largest absolute Gasteiger partial charge is 0.497 e. The predicted molar refractivity (Wildman–Crippen MR) is 117 cm³/mol. The van der Waals surface area contributed by atoms with Gasteiger partial charge in [0.05, 0.1) is 17.3 Å². The van der Waals surface area contributed by atoms with Crippen molar-refractivity contribution in [2.75, 3.05) is 12.4 Å². The van der Waals surface area contributed by atoms with Crippen LogP contribution in [0.15, 0.2) is 77.1 Å². The van der Waals surface area contributed by atoms with Crippen LogP contribution in [0.4, 0.5) is 5.69 Å². The highest BCUT2D eigenvalue weighted by atomic mass is 32.2. The van der Waals surface area contributed by atoms with Crippen molar-refractivity contribution in [1.29, 1.82) is 0 Å². The lowest BCUT2D eigenvalue weighted by Crippen LogP contribution is -2.11. The molecule has 0 fully saturated rings. The molecule has 28 heavy (non-hydrogen) atoms. The van der Waals surface area contributed by atoms with Crippen LogP contribution in [0.5, 0.6) is 5.75 Å². The molecule has 4 aromatic rings. The van der Waals surface area contributed by atoms with E-state index in [1.54, 1.807) is 42.3 Å². The Morgan fingerprint density at radius 2 is 1.86 bits per heavy atom. The molecule has 0 aliphatic rings. The third-order valence-corrected chi connectivity index (χ3v) is 6.42. The molecule has 0 aliphatic heterocycles. The van der Waals surface area contributed by atoms with Crippen LogP contribution in [0.1, 0.15) is 15.9 Å². The van der Waals surface area contributed by atoms with E-state index in [1.807, 2.05) is 48.5 Å². The molecule has 4 rings (SSSR count). The van der Waals surface area contributed by atoms with Gasteiger partial charge in [0.25, 0.3) is 5.91 Å². The first kappa shape index (κ1) is 18.5. The molecule has 4 nitrogen and oxygen atoms in total. The van der Waals surface area contributed by atoms with Crippen LogP contribution in [0, 0.1) is 0 Å². The minimum absolute atomic E-state index is 0.112. The Morgan fingerprint density at radius 3 is 2.61 bits per heavy atom. The van der Waals surface area contributed by atoms with Crippen molar-refractivity contribution >= 4 is 44.9 Å². The average Bonchev–Trinajstić information content (AvgIpc) is 3.15. The maximum Gasteiger partial charge on any atom is 0.255 e. The van der Waals surface area contributed by atoms with Gasteiger partial charge in [-0.1, -0.05) is 42.1 Å². The fourth-order valence-corrected chi connectivity index (χ4v) is 4.77. The zero-order valence-electron chi connectivity index (χ0n) is 15.2. The van der Waals surface area contributed by atoms with Gasteiger partial charge in [-0.3, -0.25) is 4.79 Å². The van der Waals surface area contributed by atoms with E-state index in [0.717, 1.165) is 31.7 Å². The quantitative estimate of drug-likeness (QED) is 0.408. The standard InChI is InChI=1S/C22H18N2O2S2/c1-26-18-10-7-15(8-11-18)14-27-22-24-19-12-9-17(13-20(19)28-22)23-21(25)16-5-3-2-4-6-16/h2-13H,14H2,1H3,(H,23,25). The third kappa shape index (κ3) is 4.35. The highest BCUT2D eigenvalue weighted by Gasteiger charge is 2.09. The van der Waals surface area contributed by atoms with Crippen molar-refractivity contribution in [1.82, 2.24) is 4.98 Å². The van der Waals surface area contributed by atoms with Gasteiger partial charge in [-0.25, -0.2) is 4.98 Å². The number of thiazole rings is 1. The number of rotatable bonds is 6. The maximum absolute atomic E-state index is 12.3. The molecule has 0 atom stereocenters. The van der Waals surface area contributed by atoms with Crippen LogP contribution >= 0.6 is 23.1 Å². The Bertz CT molecular complexity index is 1090. The number of thioether (sulfide) groups is 1. The molecule has 0 spiro atoms. The molecule has 1 aromatic heterocycles. The second-order valence-electron chi connectivity index (χ2n) is 6.12. The van der Waals surface area contributed by atoms with E-state index in [1.165, 1.54) is 5.56 Å². The van der Waals surface area contributed by atoms with E-state index < -0.39 is 0 Å². The third-order valence-electron chi connectivity index (χ3n) is 4.18. The number of benzene rings is 3. The maximum atomic E-state index is 12.3. The number of aromatic nitrogens is 1.